The molecule has 1 amide bonds. The summed E-state index contributed by atoms with van der Waals surface area (Å²) in [6, 6.07) is 4.62. The van der Waals surface area contributed by atoms with Crippen molar-refractivity contribution in [1.29, 1.82) is 0 Å². The summed E-state index contributed by atoms with van der Waals surface area (Å²) in [5, 5.41) is 15.6. The van der Waals surface area contributed by atoms with Gasteiger partial charge in [0.1, 0.15) is 5.69 Å². The molecule has 0 aliphatic heterocycles. The minimum Gasteiger partial charge on any atom is -0.478 e. The Bertz CT molecular complexity index is 619. The Kier molecular flexibility index (Phi) is 4.09. The predicted octanol–water partition coefficient (Wildman–Crippen LogP) is 0.486. The second-order valence-electron chi connectivity index (χ2n) is 4.22. The standard InChI is InChI=1S/C13H14N4O3/c1-17-7-5-10(16-17)4-6-14-12(18)11-3-2-9(8-15-11)13(19)20/h2-3,5,7-8H,4,6H2,1H3,(H,14,18)(H,19,20). The van der Waals surface area contributed by atoms with Crippen LogP contribution in [0.2, 0.25) is 0 Å². The molecule has 0 saturated heterocycles. The molecule has 104 valence electrons. The van der Waals surface area contributed by atoms with Gasteiger partial charge in [-0.3, -0.25) is 14.5 Å². The van der Waals surface area contributed by atoms with Gasteiger partial charge in [-0.25, -0.2) is 4.79 Å². The summed E-state index contributed by atoms with van der Waals surface area (Å²) in [5.41, 5.74) is 1.13. The molecule has 0 saturated carbocycles. The maximum absolute atomic E-state index is 11.8. The second-order valence-corrected chi connectivity index (χ2v) is 4.22. The fraction of sp³-hybridized carbons (Fsp3) is 0.231. The zero-order valence-corrected chi connectivity index (χ0v) is 10.9. The van der Waals surface area contributed by atoms with Crippen molar-refractivity contribution in [2.45, 2.75) is 6.42 Å². The number of nitrogens with one attached hydrogen (secondary N) is 1. The van der Waals surface area contributed by atoms with Gasteiger partial charge >= 0.3 is 5.97 Å². The highest BCUT2D eigenvalue weighted by molar-refractivity contribution is 5.93. The summed E-state index contributed by atoms with van der Waals surface area (Å²) in [4.78, 5) is 26.3. The van der Waals surface area contributed by atoms with Crippen molar-refractivity contribution in [1.82, 2.24) is 20.1 Å². The van der Waals surface area contributed by atoms with E-state index in [2.05, 4.69) is 15.4 Å². The van der Waals surface area contributed by atoms with E-state index in [0.717, 1.165) is 11.9 Å². The average Bonchev–Trinajstić information content (AvgIpc) is 2.84. The summed E-state index contributed by atoms with van der Waals surface area (Å²) < 4.78 is 1.70. The normalized spacial score (nSPS) is 10.2. The molecule has 7 nitrogen and oxygen atoms in total. The first-order chi connectivity index (χ1) is 9.56. The number of nitrogens with zero attached hydrogens (tertiary/aromatic N) is 3. The van der Waals surface area contributed by atoms with Gasteiger partial charge < -0.3 is 10.4 Å². The van der Waals surface area contributed by atoms with Crippen LogP contribution in [0.4, 0.5) is 0 Å². The van der Waals surface area contributed by atoms with Crippen molar-refractivity contribution in [3.05, 3.63) is 47.5 Å². The molecule has 0 spiro atoms. The quantitative estimate of drug-likeness (QED) is 0.826. The molecule has 7 heteroatoms. The second kappa shape index (κ2) is 5.96. The number of carboxylic acid groups (broad SMARTS) is 1. The van der Waals surface area contributed by atoms with Crippen LogP contribution in [0.25, 0.3) is 0 Å². The molecule has 0 bridgehead atoms. The van der Waals surface area contributed by atoms with Gasteiger partial charge in [0.2, 0.25) is 0 Å². The maximum atomic E-state index is 11.8. The molecule has 0 unspecified atom stereocenters. The van der Waals surface area contributed by atoms with Crippen molar-refractivity contribution < 1.29 is 14.7 Å². The zero-order valence-electron chi connectivity index (χ0n) is 10.9. The first-order valence-electron chi connectivity index (χ1n) is 6.02. The highest BCUT2D eigenvalue weighted by Crippen LogP contribution is 2.00. The van der Waals surface area contributed by atoms with Crippen LogP contribution >= 0.6 is 0 Å². The molecule has 0 radical (unpaired) electrons. The number of aromatic carboxylic acids is 1. The Morgan fingerprint density at radius 2 is 2.15 bits per heavy atom. The van der Waals surface area contributed by atoms with E-state index in [1.54, 1.807) is 4.68 Å². The van der Waals surface area contributed by atoms with Gasteiger partial charge in [0.05, 0.1) is 11.3 Å². The number of carboxylic acids is 1. The molecule has 0 fully saturated rings. The van der Waals surface area contributed by atoms with E-state index in [1.165, 1.54) is 12.1 Å². The Hall–Kier alpha value is -2.70. The number of carbonyl (C=O) groups is 2. The Morgan fingerprint density at radius 3 is 2.70 bits per heavy atom. The molecular weight excluding hydrogens is 260 g/mol. The molecule has 0 aliphatic rings. The van der Waals surface area contributed by atoms with E-state index >= 15 is 0 Å². The van der Waals surface area contributed by atoms with Crippen LogP contribution < -0.4 is 5.32 Å². The zero-order chi connectivity index (χ0) is 14.5. The minimum absolute atomic E-state index is 0.0510. The third-order valence-corrected chi connectivity index (χ3v) is 2.68. The number of hydrogen-bond acceptors (Lipinski definition) is 4. The molecular formula is C13H14N4O3. The van der Waals surface area contributed by atoms with Gasteiger partial charge in [0.25, 0.3) is 5.91 Å². The fourth-order valence-corrected chi connectivity index (χ4v) is 1.65. The van der Waals surface area contributed by atoms with Crippen molar-refractivity contribution in [3.8, 4) is 0 Å². The average molecular weight is 274 g/mol. The van der Waals surface area contributed by atoms with E-state index in [-0.39, 0.29) is 17.2 Å². The van der Waals surface area contributed by atoms with Crippen LogP contribution in [-0.4, -0.2) is 38.3 Å². The number of hydrogen-bond donors (Lipinski definition) is 2. The van der Waals surface area contributed by atoms with Gasteiger partial charge in [-0.05, 0) is 18.2 Å². The van der Waals surface area contributed by atoms with Crippen molar-refractivity contribution >= 4 is 11.9 Å². The molecule has 2 heterocycles. The smallest absolute Gasteiger partial charge is 0.337 e. The Balaban J connectivity index is 1.86. The summed E-state index contributed by atoms with van der Waals surface area (Å²) >= 11 is 0. The van der Waals surface area contributed by atoms with Crippen molar-refractivity contribution in [2.75, 3.05) is 6.54 Å². The highest BCUT2D eigenvalue weighted by Gasteiger charge is 2.09. The third kappa shape index (κ3) is 3.41. The number of pyridine rings is 1. The first-order valence-corrected chi connectivity index (χ1v) is 6.02. The number of aromatic nitrogens is 3. The maximum Gasteiger partial charge on any atom is 0.337 e. The van der Waals surface area contributed by atoms with Crippen LogP contribution in [-0.2, 0) is 13.5 Å². The van der Waals surface area contributed by atoms with E-state index in [0.29, 0.717) is 13.0 Å². The fourth-order valence-electron chi connectivity index (χ4n) is 1.65. The van der Waals surface area contributed by atoms with E-state index < -0.39 is 5.97 Å². The van der Waals surface area contributed by atoms with Crippen LogP contribution in [0.1, 0.15) is 26.5 Å². The first kappa shape index (κ1) is 13.7. The van der Waals surface area contributed by atoms with Crippen molar-refractivity contribution in [3.63, 3.8) is 0 Å². The minimum atomic E-state index is -1.07. The number of rotatable bonds is 5. The molecule has 2 aromatic heterocycles. The molecule has 0 aromatic carbocycles. The van der Waals surface area contributed by atoms with Gasteiger partial charge in [-0.1, -0.05) is 0 Å². The van der Waals surface area contributed by atoms with Crippen LogP contribution in [0.15, 0.2) is 30.6 Å². The van der Waals surface area contributed by atoms with Gasteiger partial charge in [-0.15, -0.1) is 0 Å². The number of carbonyl (C=O) groups excluding carboxylic acids is 1. The van der Waals surface area contributed by atoms with Gasteiger partial charge in [-0.2, -0.15) is 5.10 Å². The lowest BCUT2D eigenvalue weighted by Crippen LogP contribution is -2.26. The summed E-state index contributed by atoms with van der Waals surface area (Å²) in [5.74, 6) is -1.41. The predicted molar refractivity (Wildman–Crippen MR) is 70.4 cm³/mol. The number of aryl methyl sites for hydroxylation is 1. The molecule has 2 rings (SSSR count). The van der Waals surface area contributed by atoms with Crippen LogP contribution in [0, 0.1) is 0 Å². The van der Waals surface area contributed by atoms with Crippen LogP contribution in [0.5, 0.6) is 0 Å². The third-order valence-electron chi connectivity index (χ3n) is 2.68. The summed E-state index contributed by atoms with van der Waals surface area (Å²) in [7, 11) is 1.83. The Labute approximate surface area is 115 Å². The monoisotopic (exact) mass is 274 g/mol. The van der Waals surface area contributed by atoms with Crippen LogP contribution in [0.3, 0.4) is 0 Å². The largest absolute Gasteiger partial charge is 0.478 e. The molecule has 20 heavy (non-hydrogen) atoms. The molecule has 2 aromatic rings. The lowest BCUT2D eigenvalue weighted by molar-refractivity contribution is 0.0695. The number of amides is 1. The van der Waals surface area contributed by atoms with E-state index in [1.807, 2.05) is 19.3 Å². The lowest BCUT2D eigenvalue weighted by atomic mass is 10.2. The van der Waals surface area contributed by atoms with Gasteiger partial charge in [0.15, 0.2) is 0 Å². The van der Waals surface area contributed by atoms with E-state index in [9.17, 15) is 9.59 Å². The summed E-state index contributed by atoms with van der Waals surface area (Å²) in [6.07, 6.45) is 3.62. The van der Waals surface area contributed by atoms with E-state index in [4.69, 9.17) is 5.11 Å². The SMILES string of the molecule is Cn1ccc(CCNC(=O)c2ccc(C(=O)O)cn2)n1. The Morgan fingerprint density at radius 1 is 1.35 bits per heavy atom. The molecule has 0 aliphatic carbocycles. The van der Waals surface area contributed by atoms with Gasteiger partial charge in [0, 0.05) is 32.4 Å². The lowest BCUT2D eigenvalue weighted by Gasteiger charge is -2.03. The summed E-state index contributed by atoms with van der Waals surface area (Å²) in [6.45, 7) is 0.443. The van der Waals surface area contributed by atoms with Crippen molar-refractivity contribution in [2.24, 2.45) is 7.05 Å². The molecule has 2 N–H and O–H groups in total. The molecule has 0 atom stereocenters. The highest BCUT2D eigenvalue weighted by atomic mass is 16.4. The topological polar surface area (TPSA) is 97.1 Å².